The van der Waals surface area contributed by atoms with Crippen LogP contribution in [0.4, 0.5) is 8.78 Å². The quantitative estimate of drug-likeness (QED) is 0.577. The number of nitrogens with zero attached hydrogens (tertiary/aromatic N) is 2. The van der Waals surface area contributed by atoms with Crippen LogP contribution in [0.2, 0.25) is 0 Å². The SMILES string of the molecule is Cc1nn(-c2ccccc2)c(C)c1CNC(=O)CCCOc1ccc(F)cc1F. The third kappa shape index (κ3) is 5.19. The maximum Gasteiger partial charge on any atom is 0.220 e. The van der Waals surface area contributed by atoms with Crippen LogP contribution in [0.15, 0.2) is 48.5 Å². The van der Waals surface area contributed by atoms with Gasteiger partial charge in [-0.1, -0.05) is 18.2 Å². The lowest BCUT2D eigenvalue weighted by Gasteiger charge is -2.09. The Morgan fingerprint density at radius 1 is 1.14 bits per heavy atom. The number of rotatable bonds is 8. The van der Waals surface area contributed by atoms with Gasteiger partial charge in [0, 0.05) is 30.3 Å². The molecule has 0 aliphatic carbocycles. The first-order valence-electron chi connectivity index (χ1n) is 9.41. The molecule has 0 aliphatic heterocycles. The molecule has 5 nitrogen and oxygen atoms in total. The van der Waals surface area contributed by atoms with Crippen molar-refractivity contribution in [3.8, 4) is 11.4 Å². The van der Waals surface area contributed by atoms with Crippen molar-refractivity contribution in [3.63, 3.8) is 0 Å². The number of aryl methyl sites for hydroxylation is 1. The molecule has 2 aromatic carbocycles. The molecule has 152 valence electrons. The highest BCUT2D eigenvalue weighted by Gasteiger charge is 2.13. The van der Waals surface area contributed by atoms with Gasteiger partial charge < -0.3 is 10.1 Å². The van der Waals surface area contributed by atoms with Crippen molar-refractivity contribution in [2.75, 3.05) is 6.61 Å². The fourth-order valence-corrected chi connectivity index (χ4v) is 3.03. The number of carbonyl (C=O) groups is 1. The first-order valence-corrected chi connectivity index (χ1v) is 9.41. The Labute approximate surface area is 168 Å². The van der Waals surface area contributed by atoms with Gasteiger partial charge in [-0.3, -0.25) is 4.79 Å². The van der Waals surface area contributed by atoms with E-state index in [4.69, 9.17) is 4.74 Å². The molecule has 3 rings (SSSR count). The highest BCUT2D eigenvalue weighted by molar-refractivity contribution is 5.75. The molecule has 1 N–H and O–H groups in total. The minimum atomic E-state index is -0.754. The van der Waals surface area contributed by atoms with E-state index >= 15 is 0 Å². The molecule has 1 aromatic heterocycles. The van der Waals surface area contributed by atoms with Crippen LogP contribution in [0, 0.1) is 25.5 Å². The predicted molar refractivity (Wildman–Crippen MR) is 106 cm³/mol. The average molecular weight is 399 g/mol. The number of ether oxygens (including phenoxy) is 1. The summed E-state index contributed by atoms with van der Waals surface area (Å²) in [6.07, 6.45) is 0.664. The molecular formula is C22H23F2N3O2. The summed E-state index contributed by atoms with van der Waals surface area (Å²) in [5, 5.41) is 7.46. The fourth-order valence-electron chi connectivity index (χ4n) is 3.03. The van der Waals surface area contributed by atoms with E-state index in [-0.39, 0.29) is 24.7 Å². The number of halogens is 2. The standard InChI is InChI=1S/C22H23F2N3O2/c1-15-19(16(2)27(26-15)18-7-4-3-5-8-18)14-25-22(28)9-6-12-29-21-11-10-17(23)13-20(21)24/h3-5,7-8,10-11,13H,6,9,12,14H2,1-2H3,(H,25,28). The van der Waals surface area contributed by atoms with Crippen molar-refractivity contribution in [1.82, 2.24) is 15.1 Å². The lowest BCUT2D eigenvalue weighted by Crippen LogP contribution is -2.23. The van der Waals surface area contributed by atoms with Crippen LogP contribution in [-0.2, 0) is 11.3 Å². The van der Waals surface area contributed by atoms with Crippen LogP contribution in [0.3, 0.4) is 0 Å². The largest absolute Gasteiger partial charge is 0.491 e. The Kier molecular flexibility index (Phi) is 6.59. The third-order valence-corrected chi connectivity index (χ3v) is 4.60. The molecular weight excluding hydrogens is 376 g/mol. The van der Waals surface area contributed by atoms with E-state index in [1.807, 2.05) is 48.9 Å². The van der Waals surface area contributed by atoms with Crippen molar-refractivity contribution in [2.45, 2.75) is 33.2 Å². The maximum absolute atomic E-state index is 13.5. The van der Waals surface area contributed by atoms with Gasteiger partial charge in [0.05, 0.1) is 18.0 Å². The lowest BCUT2D eigenvalue weighted by molar-refractivity contribution is -0.121. The highest BCUT2D eigenvalue weighted by atomic mass is 19.1. The molecule has 0 fully saturated rings. The third-order valence-electron chi connectivity index (χ3n) is 4.60. The summed E-state index contributed by atoms with van der Waals surface area (Å²) in [7, 11) is 0. The Hall–Kier alpha value is -3.22. The molecule has 0 spiro atoms. The van der Waals surface area contributed by atoms with Crippen molar-refractivity contribution in [3.05, 3.63) is 77.1 Å². The molecule has 0 saturated carbocycles. The molecule has 0 bridgehead atoms. The topological polar surface area (TPSA) is 56.2 Å². The van der Waals surface area contributed by atoms with Crippen LogP contribution in [0.5, 0.6) is 5.75 Å². The summed E-state index contributed by atoms with van der Waals surface area (Å²) in [4.78, 5) is 12.1. The molecule has 0 radical (unpaired) electrons. The van der Waals surface area contributed by atoms with Crippen LogP contribution in [0.25, 0.3) is 5.69 Å². The van der Waals surface area contributed by atoms with Crippen molar-refractivity contribution >= 4 is 5.91 Å². The van der Waals surface area contributed by atoms with Gasteiger partial charge in [-0.15, -0.1) is 0 Å². The van der Waals surface area contributed by atoms with E-state index in [9.17, 15) is 13.6 Å². The Morgan fingerprint density at radius 3 is 2.62 bits per heavy atom. The first-order chi connectivity index (χ1) is 14.0. The van der Waals surface area contributed by atoms with Gasteiger partial charge >= 0.3 is 0 Å². The van der Waals surface area contributed by atoms with E-state index in [0.717, 1.165) is 34.8 Å². The number of benzene rings is 2. The summed E-state index contributed by atoms with van der Waals surface area (Å²) >= 11 is 0. The van der Waals surface area contributed by atoms with E-state index in [2.05, 4.69) is 10.4 Å². The molecule has 1 amide bonds. The minimum absolute atomic E-state index is 0.0219. The molecule has 0 aliphatic rings. The number of hydrogen-bond donors (Lipinski definition) is 1. The van der Waals surface area contributed by atoms with E-state index in [1.165, 1.54) is 6.07 Å². The number of hydrogen-bond acceptors (Lipinski definition) is 3. The van der Waals surface area contributed by atoms with Gasteiger partial charge in [0.1, 0.15) is 5.82 Å². The van der Waals surface area contributed by atoms with Gasteiger partial charge in [0.2, 0.25) is 5.91 Å². The van der Waals surface area contributed by atoms with E-state index < -0.39 is 11.6 Å². The number of aromatic nitrogens is 2. The number of amides is 1. The van der Waals surface area contributed by atoms with Gasteiger partial charge in [0.25, 0.3) is 0 Å². The second-order valence-electron chi connectivity index (χ2n) is 6.70. The molecule has 0 unspecified atom stereocenters. The van der Waals surface area contributed by atoms with Gasteiger partial charge in [-0.25, -0.2) is 13.5 Å². The van der Waals surface area contributed by atoms with Crippen molar-refractivity contribution in [1.29, 1.82) is 0 Å². The number of para-hydroxylation sites is 1. The summed E-state index contributed by atoms with van der Waals surface area (Å²) in [6, 6.07) is 12.9. The lowest BCUT2D eigenvalue weighted by atomic mass is 10.2. The summed E-state index contributed by atoms with van der Waals surface area (Å²) < 4.78 is 33.5. The fraction of sp³-hybridized carbons (Fsp3) is 0.273. The Bertz CT molecular complexity index is 987. The zero-order chi connectivity index (χ0) is 20.8. The van der Waals surface area contributed by atoms with Crippen LogP contribution < -0.4 is 10.1 Å². The minimum Gasteiger partial charge on any atom is -0.491 e. The van der Waals surface area contributed by atoms with Crippen LogP contribution in [0.1, 0.15) is 29.8 Å². The van der Waals surface area contributed by atoms with Gasteiger partial charge in [-0.05, 0) is 44.5 Å². The van der Waals surface area contributed by atoms with Crippen molar-refractivity contribution in [2.24, 2.45) is 0 Å². The zero-order valence-corrected chi connectivity index (χ0v) is 16.4. The molecule has 0 atom stereocenters. The molecule has 1 heterocycles. The predicted octanol–water partition coefficient (Wildman–Crippen LogP) is 4.24. The van der Waals surface area contributed by atoms with Crippen molar-refractivity contribution < 1.29 is 18.3 Å². The second-order valence-corrected chi connectivity index (χ2v) is 6.70. The van der Waals surface area contributed by atoms with E-state index in [1.54, 1.807) is 0 Å². The van der Waals surface area contributed by atoms with Crippen LogP contribution >= 0.6 is 0 Å². The van der Waals surface area contributed by atoms with Gasteiger partial charge in [-0.2, -0.15) is 5.10 Å². The summed E-state index contributed by atoms with van der Waals surface area (Å²) in [5.41, 5.74) is 3.79. The monoisotopic (exact) mass is 399 g/mol. The number of nitrogens with one attached hydrogen (secondary N) is 1. The molecule has 29 heavy (non-hydrogen) atoms. The normalized spacial score (nSPS) is 10.8. The Morgan fingerprint density at radius 2 is 1.90 bits per heavy atom. The summed E-state index contributed by atoms with van der Waals surface area (Å²) in [5.74, 6) is -1.56. The van der Waals surface area contributed by atoms with E-state index in [0.29, 0.717) is 13.0 Å². The molecule has 0 saturated heterocycles. The molecule has 7 heteroatoms. The van der Waals surface area contributed by atoms with Crippen LogP contribution in [-0.4, -0.2) is 22.3 Å². The first kappa shape index (κ1) is 20.5. The molecule has 3 aromatic rings. The maximum atomic E-state index is 13.5. The average Bonchev–Trinajstić information content (AvgIpc) is 2.99. The zero-order valence-electron chi connectivity index (χ0n) is 16.4. The smallest absolute Gasteiger partial charge is 0.220 e. The second kappa shape index (κ2) is 9.32. The highest BCUT2D eigenvalue weighted by Crippen LogP contribution is 2.19. The number of carbonyl (C=O) groups excluding carboxylic acids is 1. The van der Waals surface area contributed by atoms with Gasteiger partial charge in [0.15, 0.2) is 11.6 Å². The Balaban J connectivity index is 1.48. The summed E-state index contributed by atoms with van der Waals surface area (Å²) in [6.45, 7) is 4.44.